The first-order chi connectivity index (χ1) is 6.45. The molecule has 2 aromatic rings. The van der Waals surface area contributed by atoms with Crippen LogP contribution >= 0.6 is 0 Å². The van der Waals surface area contributed by atoms with E-state index in [9.17, 15) is 0 Å². The van der Waals surface area contributed by atoms with Crippen LogP contribution < -0.4 is 4.57 Å². The molecule has 0 atom stereocenters. The highest BCUT2D eigenvalue weighted by Gasteiger charge is 1.96. The molecule has 0 spiro atoms. The Hall–Kier alpha value is -1.70. The molecule has 1 aromatic carbocycles. The fourth-order valence-electron chi connectivity index (χ4n) is 1.25. The van der Waals surface area contributed by atoms with Crippen molar-refractivity contribution in [3.8, 4) is 0 Å². The van der Waals surface area contributed by atoms with E-state index in [-0.39, 0.29) is 0 Å². The van der Waals surface area contributed by atoms with Crippen molar-refractivity contribution in [3.05, 3.63) is 60.7 Å². The van der Waals surface area contributed by atoms with E-state index in [0.717, 1.165) is 6.54 Å². The van der Waals surface area contributed by atoms with Gasteiger partial charge in [0.15, 0.2) is 0 Å². The van der Waals surface area contributed by atoms with Gasteiger partial charge in [-0.15, -0.1) is 0 Å². The molecule has 0 N–H and O–H groups in total. The van der Waals surface area contributed by atoms with E-state index in [2.05, 4.69) is 21.7 Å². The fourth-order valence-corrected chi connectivity index (χ4v) is 1.25. The van der Waals surface area contributed by atoms with E-state index >= 15 is 0 Å². The molecule has 0 radical (unpaired) electrons. The zero-order valence-corrected chi connectivity index (χ0v) is 7.30. The van der Waals surface area contributed by atoms with Crippen molar-refractivity contribution >= 4 is 0 Å². The molecule has 64 valence electrons. The minimum atomic E-state index is 0.884. The van der Waals surface area contributed by atoms with Crippen LogP contribution in [0.2, 0.25) is 0 Å². The molecule has 1 heterocycles. The van der Waals surface area contributed by atoms with Crippen LogP contribution in [0, 0.1) is 0 Å². The first-order valence-corrected chi connectivity index (χ1v) is 4.28. The Morgan fingerprint density at radius 2 is 1.92 bits per heavy atom. The standard InChI is InChI=1S/C11H11N2/c1-2-5-11(6-3-1)9-13-8-4-7-12-10-13/h1-8,10H,9H2/q+1. The SMILES string of the molecule is c1ccc(C[n+]2cccnc2)cc1. The molecular weight excluding hydrogens is 160 g/mol. The summed E-state index contributed by atoms with van der Waals surface area (Å²) in [4.78, 5) is 4.04. The second-order valence-corrected chi connectivity index (χ2v) is 2.91. The molecule has 0 aliphatic heterocycles. The summed E-state index contributed by atoms with van der Waals surface area (Å²) in [5.41, 5.74) is 1.29. The summed E-state index contributed by atoms with van der Waals surface area (Å²) in [5, 5.41) is 0. The van der Waals surface area contributed by atoms with Gasteiger partial charge in [0, 0.05) is 6.07 Å². The van der Waals surface area contributed by atoms with Gasteiger partial charge in [-0.25, -0.2) is 4.57 Å². The molecular formula is C11H11N2+. The van der Waals surface area contributed by atoms with Gasteiger partial charge in [0.25, 0.3) is 6.33 Å². The lowest BCUT2D eigenvalue weighted by atomic mass is 10.2. The molecule has 1 aromatic heterocycles. The van der Waals surface area contributed by atoms with E-state index in [1.807, 2.05) is 36.8 Å². The van der Waals surface area contributed by atoms with E-state index in [1.165, 1.54) is 5.56 Å². The summed E-state index contributed by atoms with van der Waals surface area (Å²) in [5.74, 6) is 0. The van der Waals surface area contributed by atoms with Crippen LogP contribution in [0.25, 0.3) is 0 Å². The highest BCUT2D eigenvalue weighted by atomic mass is 15.0. The first kappa shape index (κ1) is 7.92. The third-order valence-electron chi connectivity index (χ3n) is 1.87. The van der Waals surface area contributed by atoms with Gasteiger partial charge >= 0.3 is 0 Å². The fraction of sp³-hybridized carbons (Fsp3) is 0.0909. The lowest BCUT2D eigenvalue weighted by Crippen LogP contribution is -2.33. The Labute approximate surface area is 77.5 Å². The molecule has 2 nitrogen and oxygen atoms in total. The number of nitrogens with zero attached hydrogens (tertiary/aromatic N) is 2. The van der Waals surface area contributed by atoms with Crippen LogP contribution in [0.5, 0.6) is 0 Å². The predicted molar refractivity (Wildman–Crippen MR) is 50.0 cm³/mol. The summed E-state index contributed by atoms with van der Waals surface area (Å²) < 4.78 is 2.05. The molecule has 0 aliphatic rings. The Balaban J connectivity index is 2.16. The van der Waals surface area contributed by atoms with Crippen molar-refractivity contribution in [1.82, 2.24) is 4.98 Å². The number of aromatic nitrogens is 2. The van der Waals surface area contributed by atoms with E-state index in [1.54, 1.807) is 6.20 Å². The molecule has 2 heteroatoms. The summed E-state index contributed by atoms with van der Waals surface area (Å²) in [6.07, 6.45) is 5.62. The van der Waals surface area contributed by atoms with Gasteiger partial charge in [0.05, 0.1) is 6.20 Å². The summed E-state index contributed by atoms with van der Waals surface area (Å²) in [6, 6.07) is 12.3. The number of benzene rings is 1. The smallest absolute Gasteiger partial charge is 0.233 e. The molecule has 0 saturated carbocycles. The Morgan fingerprint density at radius 1 is 1.08 bits per heavy atom. The number of hydrogen-bond acceptors (Lipinski definition) is 1. The first-order valence-electron chi connectivity index (χ1n) is 4.28. The van der Waals surface area contributed by atoms with Crippen LogP contribution in [0.1, 0.15) is 5.56 Å². The van der Waals surface area contributed by atoms with Gasteiger partial charge < -0.3 is 0 Å². The lowest BCUT2D eigenvalue weighted by Gasteiger charge is -1.97. The second kappa shape index (κ2) is 3.81. The van der Waals surface area contributed by atoms with Crippen molar-refractivity contribution in [3.63, 3.8) is 0 Å². The van der Waals surface area contributed by atoms with Crippen molar-refractivity contribution in [2.24, 2.45) is 0 Å². The quantitative estimate of drug-likeness (QED) is 0.624. The number of rotatable bonds is 2. The van der Waals surface area contributed by atoms with Crippen LogP contribution in [0.3, 0.4) is 0 Å². The Morgan fingerprint density at radius 3 is 2.62 bits per heavy atom. The molecule has 2 rings (SSSR count). The van der Waals surface area contributed by atoms with Crippen molar-refractivity contribution in [1.29, 1.82) is 0 Å². The van der Waals surface area contributed by atoms with Crippen LogP contribution in [0.4, 0.5) is 0 Å². The summed E-state index contributed by atoms with van der Waals surface area (Å²) in [6.45, 7) is 0.884. The van der Waals surface area contributed by atoms with Gasteiger partial charge in [0.1, 0.15) is 12.7 Å². The van der Waals surface area contributed by atoms with Gasteiger partial charge in [-0.3, -0.25) is 0 Å². The molecule has 0 bridgehead atoms. The third-order valence-corrected chi connectivity index (χ3v) is 1.87. The molecule has 0 amide bonds. The normalized spacial score (nSPS) is 9.85. The topological polar surface area (TPSA) is 16.8 Å². The van der Waals surface area contributed by atoms with Crippen molar-refractivity contribution < 1.29 is 4.57 Å². The van der Waals surface area contributed by atoms with Gasteiger partial charge in [-0.1, -0.05) is 35.3 Å². The second-order valence-electron chi connectivity index (χ2n) is 2.91. The summed E-state index contributed by atoms with van der Waals surface area (Å²) >= 11 is 0. The van der Waals surface area contributed by atoms with Crippen LogP contribution in [0.15, 0.2) is 55.1 Å². The molecule has 0 aliphatic carbocycles. The lowest BCUT2D eigenvalue weighted by molar-refractivity contribution is -0.691. The maximum atomic E-state index is 4.04. The molecule has 0 fully saturated rings. The van der Waals surface area contributed by atoms with Crippen LogP contribution in [-0.4, -0.2) is 4.98 Å². The minimum absolute atomic E-state index is 0.884. The van der Waals surface area contributed by atoms with Crippen molar-refractivity contribution in [2.75, 3.05) is 0 Å². The minimum Gasteiger partial charge on any atom is -0.233 e. The zero-order valence-electron chi connectivity index (χ0n) is 7.30. The van der Waals surface area contributed by atoms with E-state index in [0.29, 0.717) is 0 Å². The Bertz CT molecular complexity index is 319. The monoisotopic (exact) mass is 171 g/mol. The average molecular weight is 171 g/mol. The van der Waals surface area contributed by atoms with Gasteiger partial charge in [0.2, 0.25) is 0 Å². The van der Waals surface area contributed by atoms with Gasteiger partial charge in [-0.05, 0) is 5.56 Å². The van der Waals surface area contributed by atoms with Crippen molar-refractivity contribution in [2.45, 2.75) is 6.54 Å². The third kappa shape index (κ3) is 2.12. The Kier molecular flexibility index (Phi) is 2.32. The average Bonchev–Trinajstić information content (AvgIpc) is 2.21. The predicted octanol–water partition coefficient (Wildman–Crippen LogP) is 1.42. The molecule has 0 saturated heterocycles. The molecule has 0 unspecified atom stereocenters. The van der Waals surface area contributed by atoms with Gasteiger partial charge in [-0.2, -0.15) is 0 Å². The largest absolute Gasteiger partial charge is 0.286 e. The zero-order chi connectivity index (χ0) is 8.93. The highest BCUT2D eigenvalue weighted by molar-refractivity contribution is 5.13. The highest BCUT2D eigenvalue weighted by Crippen LogP contribution is 1.96. The number of hydrogen-bond donors (Lipinski definition) is 0. The maximum absolute atomic E-state index is 4.04. The maximum Gasteiger partial charge on any atom is 0.286 e. The molecule has 13 heavy (non-hydrogen) atoms. The van der Waals surface area contributed by atoms with E-state index in [4.69, 9.17) is 0 Å². The summed E-state index contributed by atoms with van der Waals surface area (Å²) in [7, 11) is 0. The van der Waals surface area contributed by atoms with Crippen LogP contribution in [-0.2, 0) is 6.54 Å². The van der Waals surface area contributed by atoms with E-state index < -0.39 is 0 Å².